The number of amides is 1. The lowest BCUT2D eigenvalue weighted by molar-refractivity contribution is -0.127. The van der Waals surface area contributed by atoms with E-state index in [1.54, 1.807) is 14.2 Å². The van der Waals surface area contributed by atoms with Crippen LogP contribution >= 0.6 is 0 Å². The highest BCUT2D eigenvalue weighted by Gasteiger charge is 2.41. The van der Waals surface area contributed by atoms with E-state index in [4.69, 9.17) is 9.47 Å². The number of methoxy groups -OCH3 is 2. The number of hydrogen-bond acceptors (Lipinski definition) is 4. The Morgan fingerprint density at radius 1 is 1.37 bits per heavy atom. The van der Waals surface area contributed by atoms with Gasteiger partial charge in [-0.2, -0.15) is 0 Å². The van der Waals surface area contributed by atoms with Crippen LogP contribution < -0.4 is 15.4 Å². The van der Waals surface area contributed by atoms with Crippen molar-refractivity contribution in [2.45, 2.75) is 6.42 Å². The average Bonchev–Trinajstić information content (AvgIpc) is 2.90. The van der Waals surface area contributed by atoms with Crippen LogP contribution in [-0.2, 0) is 9.53 Å². The summed E-state index contributed by atoms with van der Waals surface area (Å²) in [5, 5.41) is 6.17. The van der Waals surface area contributed by atoms with E-state index < -0.39 is 5.41 Å². The number of benzene rings is 1. The van der Waals surface area contributed by atoms with Gasteiger partial charge in [0.05, 0.1) is 19.1 Å². The minimum absolute atomic E-state index is 0.00418. The number of nitrogens with one attached hydrogen (secondary N) is 2. The second-order valence-corrected chi connectivity index (χ2v) is 4.82. The van der Waals surface area contributed by atoms with Gasteiger partial charge in [0.15, 0.2) is 0 Å². The molecule has 104 valence electrons. The summed E-state index contributed by atoms with van der Waals surface area (Å²) in [4.78, 5) is 12.4. The lowest BCUT2D eigenvalue weighted by Gasteiger charge is -2.25. The van der Waals surface area contributed by atoms with Crippen molar-refractivity contribution in [3.05, 3.63) is 24.3 Å². The topological polar surface area (TPSA) is 59.6 Å². The summed E-state index contributed by atoms with van der Waals surface area (Å²) in [6.45, 7) is 1.93. The summed E-state index contributed by atoms with van der Waals surface area (Å²) in [6.07, 6.45) is 0.794. The van der Waals surface area contributed by atoms with Crippen molar-refractivity contribution in [1.29, 1.82) is 0 Å². The summed E-state index contributed by atoms with van der Waals surface area (Å²) in [6, 6.07) is 7.32. The molecule has 0 saturated carbocycles. The number of hydrogen-bond donors (Lipinski definition) is 2. The van der Waals surface area contributed by atoms with Crippen molar-refractivity contribution in [2.75, 3.05) is 39.2 Å². The number of anilines is 1. The van der Waals surface area contributed by atoms with E-state index in [0.29, 0.717) is 13.2 Å². The van der Waals surface area contributed by atoms with Crippen molar-refractivity contribution < 1.29 is 14.3 Å². The van der Waals surface area contributed by atoms with Gasteiger partial charge in [-0.1, -0.05) is 0 Å². The number of carbonyl (C=O) groups excluding carboxylic acids is 1. The Balaban J connectivity index is 2.05. The van der Waals surface area contributed by atoms with Crippen LogP contribution in [0.5, 0.6) is 5.75 Å². The van der Waals surface area contributed by atoms with Gasteiger partial charge in [-0.3, -0.25) is 4.79 Å². The quantitative estimate of drug-likeness (QED) is 0.840. The number of ether oxygens (including phenoxy) is 2. The van der Waals surface area contributed by atoms with E-state index in [-0.39, 0.29) is 5.91 Å². The van der Waals surface area contributed by atoms with Gasteiger partial charge in [0.2, 0.25) is 5.91 Å². The monoisotopic (exact) mass is 264 g/mol. The van der Waals surface area contributed by atoms with Crippen molar-refractivity contribution in [2.24, 2.45) is 5.41 Å². The predicted molar refractivity (Wildman–Crippen MR) is 73.4 cm³/mol. The fraction of sp³-hybridized carbons (Fsp3) is 0.500. The first-order chi connectivity index (χ1) is 9.20. The largest absolute Gasteiger partial charge is 0.497 e. The molecule has 0 bridgehead atoms. The highest BCUT2D eigenvalue weighted by Crippen LogP contribution is 2.28. The molecule has 1 aromatic carbocycles. The molecule has 1 unspecified atom stereocenters. The van der Waals surface area contributed by atoms with Gasteiger partial charge in [0.1, 0.15) is 5.75 Å². The van der Waals surface area contributed by atoms with Gasteiger partial charge < -0.3 is 20.1 Å². The van der Waals surface area contributed by atoms with E-state index in [9.17, 15) is 4.79 Å². The van der Waals surface area contributed by atoms with Crippen molar-refractivity contribution in [3.8, 4) is 5.75 Å². The molecule has 5 nitrogen and oxygen atoms in total. The fourth-order valence-corrected chi connectivity index (χ4v) is 2.34. The zero-order valence-electron chi connectivity index (χ0n) is 11.4. The molecule has 2 rings (SSSR count). The Morgan fingerprint density at radius 2 is 2.11 bits per heavy atom. The first-order valence-corrected chi connectivity index (χ1v) is 6.35. The molecule has 1 aliphatic heterocycles. The molecule has 0 radical (unpaired) electrons. The highest BCUT2D eigenvalue weighted by molar-refractivity contribution is 5.96. The molecular weight excluding hydrogens is 244 g/mol. The minimum Gasteiger partial charge on any atom is -0.497 e. The van der Waals surface area contributed by atoms with Crippen LogP contribution in [0.1, 0.15) is 6.42 Å². The molecule has 0 aliphatic carbocycles. The summed E-state index contributed by atoms with van der Waals surface area (Å²) < 4.78 is 10.3. The smallest absolute Gasteiger partial charge is 0.234 e. The molecule has 2 N–H and O–H groups in total. The first kappa shape index (κ1) is 13.8. The van der Waals surface area contributed by atoms with E-state index in [1.807, 2.05) is 24.3 Å². The van der Waals surface area contributed by atoms with Gasteiger partial charge in [0, 0.05) is 19.3 Å². The van der Waals surface area contributed by atoms with Gasteiger partial charge in [-0.25, -0.2) is 0 Å². The third-order valence-electron chi connectivity index (χ3n) is 3.49. The molecule has 0 spiro atoms. The highest BCUT2D eigenvalue weighted by atomic mass is 16.5. The molecule has 1 aromatic rings. The number of carbonyl (C=O) groups is 1. The van der Waals surface area contributed by atoms with Crippen molar-refractivity contribution >= 4 is 11.6 Å². The predicted octanol–water partition coefficient (Wildman–Crippen LogP) is 1.26. The summed E-state index contributed by atoms with van der Waals surface area (Å²) in [7, 11) is 3.24. The molecule has 0 aromatic heterocycles. The Hall–Kier alpha value is -1.59. The summed E-state index contributed by atoms with van der Waals surface area (Å²) in [5.41, 5.74) is 0.308. The standard InChI is InChI=1S/C14H20N2O3/c1-18-10-14(7-8-15-9-14)13(17)16-11-3-5-12(19-2)6-4-11/h3-6,15H,7-10H2,1-2H3,(H,16,17). The Bertz CT molecular complexity index is 425. The fourth-order valence-electron chi connectivity index (χ4n) is 2.34. The maximum Gasteiger partial charge on any atom is 0.234 e. The van der Waals surface area contributed by atoms with Crippen LogP contribution in [0.2, 0.25) is 0 Å². The Morgan fingerprint density at radius 3 is 2.63 bits per heavy atom. The normalized spacial score (nSPS) is 22.2. The Labute approximate surface area is 113 Å². The van der Waals surface area contributed by atoms with E-state index in [0.717, 1.165) is 24.4 Å². The summed E-state index contributed by atoms with van der Waals surface area (Å²) in [5.74, 6) is 0.775. The third-order valence-corrected chi connectivity index (χ3v) is 3.49. The molecule has 1 aliphatic rings. The van der Waals surface area contributed by atoms with Gasteiger partial charge in [0.25, 0.3) is 0 Å². The van der Waals surface area contributed by atoms with Gasteiger partial charge in [-0.05, 0) is 37.2 Å². The van der Waals surface area contributed by atoms with Crippen LogP contribution in [0.3, 0.4) is 0 Å². The second kappa shape index (κ2) is 6.04. The third kappa shape index (κ3) is 3.05. The SMILES string of the molecule is COCC1(C(=O)Nc2ccc(OC)cc2)CCNC1. The lowest BCUT2D eigenvalue weighted by Crippen LogP contribution is -2.41. The maximum atomic E-state index is 12.4. The van der Waals surface area contributed by atoms with E-state index in [1.165, 1.54) is 0 Å². The molecule has 5 heteroatoms. The van der Waals surface area contributed by atoms with Gasteiger partial charge in [-0.15, -0.1) is 0 Å². The zero-order chi connectivity index (χ0) is 13.7. The minimum atomic E-state index is -0.464. The Kier molecular flexibility index (Phi) is 4.39. The molecule has 1 amide bonds. The molecule has 1 fully saturated rings. The van der Waals surface area contributed by atoms with Crippen LogP contribution in [-0.4, -0.2) is 39.8 Å². The van der Waals surface area contributed by atoms with E-state index in [2.05, 4.69) is 10.6 Å². The second-order valence-electron chi connectivity index (χ2n) is 4.82. The molecule has 1 heterocycles. The molecule has 1 saturated heterocycles. The zero-order valence-corrected chi connectivity index (χ0v) is 11.4. The first-order valence-electron chi connectivity index (χ1n) is 6.35. The molecule has 19 heavy (non-hydrogen) atoms. The number of rotatable bonds is 5. The average molecular weight is 264 g/mol. The van der Waals surface area contributed by atoms with Crippen molar-refractivity contribution in [1.82, 2.24) is 5.32 Å². The van der Waals surface area contributed by atoms with Gasteiger partial charge >= 0.3 is 0 Å². The lowest BCUT2D eigenvalue weighted by atomic mass is 9.87. The van der Waals surface area contributed by atoms with E-state index >= 15 is 0 Å². The van der Waals surface area contributed by atoms with Crippen LogP contribution in [0, 0.1) is 5.41 Å². The maximum absolute atomic E-state index is 12.4. The summed E-state index contributed by atoms with van der Waals surface area (Å²) >= 11 is 0. The molecule has 1 atom stereocenters. The van der Waals surface area contributed by atoms with Crippen molar-refractivity contribution in [3.63, 3.8) is 0 Å². The van der Waals surface area contributed by atoms with Crippen LogP contribution in [0.15, 0.2) is 24.3 Å². The van der Waals surface area contributed by atoms with Crippen LogP contribution in [0.25, 0.3) is 0 Å². The molecular formula is C14H20N2O3. The van der Waals surface area contributed by atoms with Crippen LogP contribution in [0.4, 0.5) is 5.69 Å².